The van der Waals surface area contributed by atoms with E-state index in [1.807, 2.05) is 43.3 Å². The van der Waals surface area contributed by atoms with Gasteiger partial charge in [0.25, 0.3) is 0 Å². The standard InChI is InChI=1S/C27H28N4O5S/c1-4-34-25(32)17-35-21-11-12-24-22(14-21)23(15-27(2,36-24)18-6-5-13-28-16-18)30-31-26(37)29-19-7-9-20(33-3)10-8-19/h5-14,16H,4,15,17H2,1-3H3,(H2,29,31,37). The Morgan fingerprint density at radius 1 is 1.19 bits per heavy atom. The smallest absolute Gasteiger partial charge is 0.344 e. The summed E-state index contributed by atoms with van der Waals surface area (Å²) < 4.78 is 22.2. The second-order valence-electron chi connectivity index (χ2n) is 8.36. The highest BCUT2D eigenvalue weighted by Gasteiger charge is 2.37. The average Bonchev–Trinajstić information content (AvgIpc) is 2.91. The van der Waals surface area contributed by atoms with Gasteiger partial charge in [-0.25, -0.2) is 4.79 Å². The van der Waals surface area contributed by atoms with E-state index in [4.69, 9.17) is 31.2 Å². The molecule has 37 heavy (non-hydrogen) atoms. The van der Waals surface area contributed by atoms with E-state index < -0.39 is 11.6 Å². The highest BCUT2D eigenvalue weighted by atomic mass is 32.1. The molecule has 1 atom stereocenters. The molecule has 1 unspecified atom stereocenters. The molecule has 0 amide bonds. The fraction of sp³-hybridized carbons (Fsp3) is 0.259. The van der Waals surface area contributed by atoms with Gasteiger partial charge in [0, 0.05) is 35.6 Å². The molecule has 0 saturated carbocycles. The van der Waals surface area contributed by atoms with Crippen molar-refractivity contribution in [3.63, 3.8) is 0 Å². The van der Waals surface area contributed by atoms with Gasteiger partial charge in [-0.15, -0.1) is 0 Å². The number of hydrazone groups is 1. The lowest BCUT2D eigenvalue weighted by Crippen LogP contribution is -2.38. The van der Waals surface area contributed by atoms with Crippen LogP contribution in [-0.2, 0) is 15.1 Å². The van der Waals surface area contributed by atoms with Crippen LogP contribution in [0.15, 0.2) is 72.1 Å². The number of rotatable bonds is 8. The fourth-order valence-electron chi connectivity index (χ4n) is 3.84. The number of nitrogens with zero attached hydrogens (tertiary/aromatic N) is 2. The van der Waals surface area contributed by atoms with Crippen LogP contribution in [0.2, 0.25) is 0 Å². The van der Waals surface area contributed by atoms with Crippen molar-refractivity contribution in [2.75, 3.05) is 25.6 Å². The third kappa shape index (κ3) is 6.53. The number of aromatic nitrogens is 1. The van der Waals surface area contributed by atoms with E-state index in [9.17, 15) is 4.79 Å². The zero-order valence-corrected chi connectivity index (χ0v) is 21.6. The highest BCUT2D eigenvalue weighted by Crippen LogP contribution is 2.40. The zero-order valence-electron chi connectivity index (χ0n) is 20.8. The third-order valence-electron chi connectivity index (χ3n) is 5.68. The Morgan fingerprint density at radius 2 is 1.97 bits per heavy atom. The normalized spacial score (nSPS) is 17.2. The first-order valence-electron chi connectivity index (χ1n) is 11.7. The van der Waals surface area contributed by atoms with Crippen molar-refractivity contribution >= 4 is 34.7 Å². The predicted molar refractivity (Wildman–Crippen MR) is 144 cm³/mol. The number of carbonyl (C=O) groups is 1. The summed E-state index contributed by atoms with van der Waals surface area (Å²) in [6.07, 6.45) is 3.94. The van der Waals surface area contributed by atoms with Gasteiger partial charge in [0.05, 0.1) is 19.4 Å². The van der Waals surface area contributed by atoms with Crippen molar-refractivity contribution in [1.29, 1.82) is 0 Å². The van der Waals surface area contributed by atoms with Crippen LogP contribution in [0.5, 0.6) is 17.2 Å². The Labute approximate surface area is 220 Å². The number of esters is 1. The van der Waals surface area contributed by atoms with Crippen molar-refractivity contribution in [3.05, 3.63) is 78.1 Å². The summed E-state index contributed by atoms with van der Waals surface area (Å²) in [5.41, 5.74) is 5.36. The van der Waals surface area contributed by atoms with Crippen LogP contribution in [0.4, 0.5) is 5.69 Å². The quantitative estimate of drug-likeness (QED) is 0.254. The molecule has 192 valence electrons. The average molecular weight is 521 g/mol. The molecule has 1 aromatic heterocycles. The monoisotopic (exact) mass is 520 g/mol. The van der Waals surface area contributed by atoms with E-state index >= 15 is 0 Å². The van der Waals surface area contributed by atoms with Gasteiger partial charge in [0.15, 0.2) is 11.7 Å². The highest BCUT2D eigenvalue weighted by molar-refractivity contribution is 7.80. The molecule has 10 heteroatoms. The molecule has 2 heterocycles. The first kappa shape index (κ1) is 25.9. The van der Waals surface area contributed by atoms with Crippen molar-refractivity contribution < 1.29 is 23.7 Å². The van der Waals surface area contributed by atoms with Crippen LogP contribution in [0.3, 0.4) is 0 Å². The van der Waals surface area contributed by atoms with Crippen molar-refractivity contribution in [2.24, 2.45) is 5.10 Å². The van der Waals surface area contributed by atoms with Crippen LogP contribution in [0.25, 0.3) is 0 Å². The molecule has 4 rings (SSSR count). The van der Waals surface area contributed by atoms with E-state index in [1.165, 1.54) is 0 Å². The van der Waals surface area contributed by atoms with Gasteiger partial charge >= 0.3 is 5.97 Å². The molecule has 3 aromatic rings. The summed E-state index contributed by atoms with van der Waals surface area (Å²) >= 11 is 5.46. The summed E-state index contributed by atoms with van der Waals surface area (Å²) in [4.78, 5) is 16.0. The molecule has 1 aliphatic heterocycles. The second kappa shape index (κ2) is 11.7. The molecule has 0 radical (unpaired) electrons. The van der Waals surface area contributed by atoms with E-state index in [2.05, 4.69) is 20.8 Å². The number of fused-ring (bicyclic) bond motifs is 1. The molecule has 1 aliphatic rings. The van der Waals surface area contributed by atoms with E-state index in [-0.39, 0.29) is 6.61 Å². The number of thiocarbonyl (C=S) groups is 1. The Bertz CT molecular complexity index is 1280. The molecular weight excluding hydrogens is 492 g/mol. The van der Waals surface area contributed by atoms with E-state index in [0.29, 0.717) is 35.4 Å². The maximum Gasteiger partial charge on any atom is 0.344 e. The predicted octanol–water partition coefficient (Wildman–Crippen LogP) is 4.42. The summed E-state index contributed by atoms with van der Waals surface area (Å²) in [5.74, 6) is 1.42. The first-order valence-corrected chi connectivity index (χ1v) is 12.1. The minimum atomic E-state index is -0.708. The number of ether oxygens (including phenoxy) is 4. The lowest BCUT2D eigenvalue weighted by Gasteiger charge is -2.36. The number of carbonyl (C=O) groups excluding carboxylic acids is 1. The number of anilines is 1. The van der Waals surface area contributed by atoms with Crippen LogP contribution >= 0.6 is 12.2 Å². The molecule has 9 nitrogen and oxygen atoms in total. The van der Waals surface area contributed by atoms with Gasteiger partial charge in [-0.2, -0.15) is 5.10 Å². The largest absolute Gasteiger partial charge is 0.497 e. The molecule has 0 spiro atoms. The molecule has 0 saturated heterocycles. The second-order valence-corrected chi connectivity index (χ2v) is 8.76. The lowest BCUT2D eigenvalue weighted by molar-refractivity contribution is -0.145. The van der Waals surface area contributed by atoms with Gasteiger partial charge in [0.1, 0.15) is 22.8 Å². The van der Waals surface area contributed by atoms with Gasteiger partial charge < -0.3 is 24.3 Å². The number of methoxy groups -OCH3 is 1. The summed E-state index contributed by atoms with van der Waals surface area (Å²) in [5, 5.41) is 8.06. The first-order chi connectivity index (χ1) is 17.9. The molecule has 0 fully saturated rings. The number of hydrogen-bond donors (Lipinski definition) is 2. The Morgan fingerprint density at radius 3 is 2.68 bits per heavy atom. The van der Waals surface area contributed by atoms with Crippen LogP contribution in [0, 0.1) is 0 Å². The SMILES string of the molecule is CCOC(=O)COc1ccc2c(c1)C(=NNC(=S)Nc1ccc(OC)cc1)CC(C)(c1cccnc1)O2. The zero-order chi connectivity index (χ0) is 26.3. The van der Waals surface area contributed by atoms with Crippen LogP contribution in [-0.4, -0.2) is 42.1 Å². The minimum Gasteiger partial charge on any atom is -0.497 e. The van der Waals surface area contributed by atoms with Crippen molar-refractivity contribution in [3.8, 4) is 17.2 Å². The van der Waals surface area contributed by atoms with Gasteiger partial charge in [-0.3, -0.25) is 10.4 Å². The maximum absolute atomic E-state index is 11.7. The number of pyridine rings is 1. The van der Waals surface area contributed by atoms with Crippen molar-refractivity contribution in [1.82, 2.24) is 10.4 Å². The Kier molecular flexibility index (Phi) is 8.19. The van der Waals surface area contributed by atoms with E-state index in [1.54, 1.807) is 44.6 Å². The lowest BCUT2D eigenvalue weighted by atomic mass is 9.86. The summed E-state index contributed by atoms with van der Waals surface area (Å²) in [6, 6.07) is 16.6. The molecule has 0 aliphatic carbocycles. The summed E-state index contributed by atoms with van der Waals surface area (Å²) in [7, 11) is 1.61. The van der Waals surface area contributed by atoms with Gasteiger partial charge in [-0.1, -0.05) is 6.07 Å². The fourth-order valence-corrected chi connectivity index (χ4v) is 4.00. The Balaban J connectivity index is 1.58. The van der Waals surface area contributed by atoms with Gasteiger partial charge in [0.2, 0.25) is 0 Å². The summed E-state index contributed by atoms with van der Waals surface area (Å²) in [6.45, 7) is 3.83. The maximum atomic E-state index is 11.7. The molecule has 2 N–H and O–H groups in total. The van der Waals surface area contributed by atoms with E-state index in [0.717, 1.165) is 22.6 Å². The third-order valence-corrected chi connectivity index (χ3v) is 5.87. The molecular formula is C27H28N4O5S. The number of hydrogen-bond acceptors (Lipinski definition) is 8. The Hall–Kier alpha value is -4.18. The van der Waals surface area contributed by atoms with Crippen molar-refractivity contribution in [2.45, 2.75) is 25.9 Å². The number of nitrogens with one attached hydrogen (secondary N) is 2. The molecule has 2 aromatic carbocycles. The van der Waals surface area contributed by atoms with Gasteiger partial charge in [-0.05, 0) is 74.6 Å². The molecule has 0 bridgehead atoms. The number of benzene rings is 2. The topological polar surface area (TPSA) is 103 Å². The van der Waals surface area contributed by atoms with Crippen LogP contribution < -0.4 is 25.0 Å². The van der Waals surface area contributed by atoms with Crippen LogP contribution in [0.1, 0.15) is 31.4 Å². The minimum absolute atomic E-state index is 0.193.